The van der Waals surface area contributed by atoms with E-state index in [-0.39, 0.29) is 10.8 Å². The second-order valence-corrected chi connectivity index (χ2v) is 8.25. The molecule has 150 valence electrons. The molecule has 2 aromatic rings. The van der Waals surface area contributed by atoms with Crippen LogP contribution in [0.25, 0.3) is 0 Å². The Hall–Kier alpha value is -2.80. The summed E-state index contributed by atoms with van der Waals surface area (Å²) in [5.41, 5.74) is 1.62. The van der Waals surface area contributed by atoms with Crippen LogP contribution < -0.4 is 10.1 Å². The second kappa shape index (κ2) is 9.41. The lowest BCUT2D eigenvalue weighted by Gasteiger charge is -2.11. The average molecular weight is 404 g/mol. The number of anilines is 1. The van der Waals surface area contributed by atoms with Crippen LogP contribution in [0.3, 0.4) is 0 Å². The third-order valence-electron chi connectivity index (χ3n) is 4.07. The van der Waals surface area contributed by atoms with Crippen molar-refractivity contribution < 1.29 is 22.7 Å². The van der Waals surface area contributed by atoms with Crippen molar-refractivity contribution in [1.29, 1.82) is 0 Å². The van der Waals surface area contributed by atoms with Crippen LogP contribution in [-0.2, 0) is 19.4 Å². The molecule has 7 heteroatoms. The summed E-state index contributed by atoms with van der Waals surface area (Å²) in [6.45, 7) is 6.47. The minimum absolute atomic E-state index is 0.0297. The lowest BCUT2D eigenvalue weighted by Crippen LogP contribution is -2.17. The van der Waals surface area contributed by atoms with E-state index in [1.807, 2.05) is 20.8 Å². The van der Waals surface area contributed by atoms with Crippen LogP contribution in [0.4, 0.5) is 5.69 Å². The third-order valence-corrected chi connectivity index (χ3v) is 5.82. The van der Waals surface area contributed by atoms with Gasteiger partial charge in [-0.1, -0.05) is 26.0 Å². The van der Waals surface area contributed by atoms with Crippen molar-refractivity contribution in [3.63, 3.8) is 0 Å². The third kappa shape index (κ3) is 5.13. The predicted octanol–water partition coefficient (Wildman–Crippen LogP) is 4.11. The number of methoxy groups -OCH3 is 1. The van der Waals surface area contributed by atoms with Crippen LogP contribution in [0.2, 0.25) is 0 Å². The van der Waals surface area contributed by atoms with Crippen molar-refractivity contribution in [2.75, 3.05) is 19.0 Å². The molecule has 6 nitrogen and oxygen atoms in total. The molecule has 0 aromatic heterocycles. The van der Waals surface area contributed by atoms with Crippen LogP contribution in [-0.4, -0.2) is 28.1 Å². The Morgan fingerprint density at radius 3 is 2.18 bits per heavy atom. The Balaban J connectivity index is 2.33. The van der Waals surface area contributed by atoms with Gasteiger partial charge in [0.05, 0.1) is 18.6 Å². The summed E-state index contributed by atoms with van der Waals surface area (Å²) in [6.07, 6.45) is 1.15. The molecule has 0 saturated carbocycles. The largest absolute Gasteiger partial charge is 0.494 e. The Kier molecular flexibility index (Phi) is 7.23. The predicted molar refractivity (Wildman–Crippen MR) is 109 cm³/mol. The fraction of sp³-hybridized carbons (Fsp3) is 0.286. The maximum absolute atomic E-state index is 12.9. The van der Waals surface area contributed by atoms with E-state index in [0.717, 1.165) is 18.9 Å². The van der Waals surface area contributed by atoms with E-state index in [0.29, 0.717) is 18.0 Å². The first-order valence-corrected chi connectivity index (χ1v) is 10.4. The zero-order valence-electron chi connectivity index (χ0n) is 16.4. The van der Waals surface area contributed by atoms with Gasteiger partial charge in [0, 0.05) is 11.9 Å². The van der Waals surface area contributed by atoms with Gasteiger partial charge in [-0.05, 0) is 54.8 Å². The Bertz CT molecular complexity index is 930. The smallest absolute Gasteiger partial charge is 0.351 e. The van der Waals surface area contributed by atoms with Crippen LogP contribution in [0.15, 0.2) is 64.5 Å². The molecule has 0 aliphatic heterocycles. The van der Waals surface area contributed by atoms with Gasteiger partial charge < -0.3 is 14.8 Å². The number of hydrogen-bond acceptors (Lipinski definition) is 6. The monoisotopic (exact) mass is 403 g/mol. The standard InChI is InChI=1S/C21H25NO5S/c1-5-27-18-10-8-17(9-11-18)22-14-20(21(23)26-4)28(24,25)19-12-6-16(7-13-19)15(2)3/h6-15,22H,5H2,1-4H3/b20-14+. The highest BCUT2D eigenvalue weighted by molar-refractivity contribution is 7.96. The topological polar surface area (TPSA) is 81.7 Å². The Morgan fingerprint density at radius 1 is 1.07 bits per heavy atom. The summed E-state index contributed by atoms with van der Waals surface area (Å²) in [7, 11) is -2.90. The number of carbonyl (C=O) groups excluding carboxylic acids is 1. The van der Waals surface area contributed by atoms with Gasteiger partial charge in [-0.15, -0.1) is 0 Å². The van der Waals surface area contributed by atoms with Gasteiger partial charge in [-0.25, -0.2) is 13.2 Å². The van der Waals surface area contributed by atoms with Crippen LogP contribution in [0.5, 0.6) is 5.75 Å². The zero-order chi connectivity index (χ0) is 20.7. The van der Waals surface area contributed by atoms with E-state index in [4.69, 9.17) is 4.74 Å². The molecule has 0 spiro atoms. The molecular formula is C21H25NO5S. The lowest BCUT2D eigenvalue weighted by atomic mass is 10.0. The summed E-state index contributed by atoms with van der Waals surface area (Å²) < 4.78 is 35.9. The molecule has 0 unspecified atom stereocenters. The average Bonchev–Trinajstić information content (AvgIpc) is 2.69. The molecule has 0 aliphatic carbocycles. The molecule has 0 amide bonds. The van der Waals surface area contributed by atoms with E-state index >= 15 is 0 Å². The zero-order valence-corrected chi connectivity index (χ0v) is 17.2. The molecule has 0 fully saturated rings. The molecule has 2 rings (SSSR count). The fourth-order valence-corrected chi connectivity index (χ4v) is 3.73. The maximum atomic E-state index is 12.9. The van der Waals surface area contributed by atoms with Crippen molar-refractivity contribution in [3.8, 4) is 5.75 Å². The molecule has 0 aliphatic rings. The van der Waals surface area contributed by atoms with Crippen LogP contribution >= 0.6 is 0 Å². The number of benzene rings is 2. The minimum atomic E-state index is -4.04. The van der Waals surface area contributed by atoms with Crippen molar-refractivity contribution in [3.05, 3.63) is 65.2 Å². The number of hydrogen-bond donors (Lipinski definition) is 1. The highest BCUT2D eigenvalue weighted by atomic mass is 32.2. The number of carbonyl (C=O) groups is 1. The van der Waals surface area contributed by atoms with Crippen molar-refractivity contribution in [2.24, 2.45) is 0 Å². The maximum Gasteiger partial charge on any atom is 0.351 e. The Morgan fingerprint density at radius 2 is 1.68 bits per heavy atom. The molecule has 0 atom stereocenters. The van der Waals surface area contributed by atoms with E-state index in [2.05, 4.69) is 10.1 Å². The highest BCUT2D eigenvalue weighted by Crippen LogP contribution is 2.24. The van der Waals surface area contributed by atoms with Crippen molar-refractivity contribution >= 4 is 21.5 Å². The van der Waals surface area contributed by atoms with E-state index in [1.54, 1.807) is 36.4 Å². The second-order valence-electron chi connectivity index (χ2n) is 6.33. The fourth-order valence-electron chi connectivity index (χ4n) is 2.47. The molecule has 0 bridgehead atoms. The number of ether oxygens (including phenoxy) is 2. The molecule has 28 heavy (non-hydrogen) atoms. The van der Waals surface area contributed by atoms with Gasteiger partial charge >= 0.3 is 5.97 Å². The quantitative estimate of drug-likeness (QED) is 0.528. The van der Waals surface area contributed by atoms with Crippen molar-refractivity contribution in [1.82, 2.24) is 0 Å². The first kappa shape index (κ1) is 21.5. The van der Waals surface area contributed by atoms with Gasteiger partial charge in [-0.3, -0.25) is 0 Å². The number of nitrogens with one attached hydrogen (secondary N) is 1. The molecule has 1 N–H and O–H groups in total. The molecular weight excluding hydrogens is 378 g/mol. The lowest BCUT2D eigenvalue weighted by molar-refractivity contribution is -0.135. The first-order valence-electron chi connectivity index (χ1n) is 8.92. The van der Waals surface area contributed by atoms with Gasteiger partial charge in [0.1, 0.15) is 5.75 Å². The summed E-state index contributed by atoms with van der Waals surface area (Å²) in [5.74, 6) is 0.0307. The van der Waals surface area contributed by atoms with E-state index < -0.39 is 20.7 Å². The number of esters is 1. The van der Waals surface area contributed by atoms with Gasteiger partial charge in [0.2, 0.25) is 9.84 Å². The van der Waals surface area contributed by atoms with E-state index in [9.17, 15) is 13.2 Å². The minimum Gasteiger partial charge on any atom is -0.494 e. The molecule has 2 aromatic carbocycles. The molecule has 0 radical (unpaired) electrons. The van der Waals surface area contributed by atoms with Gasteiger partial charge in [0.15, 0.2) is 4.91 Å². The van der Waals surface area contributed by atoms with Crippen LogP contribution in [0, 0.1) is 0 Å². The first-order chi connectivity index (χ1) is 13.3. The van der Waals surface area contributed by atoms with Crippen LogP contribution in [0.1, 0.15) is 32.3 Å². The van der Waals surface area contributed by atoms with E-state index in [1.165, 1.54) is 12.1 Å². The van der Waals surface area contributed by atoms with Crippen molar-refractivity contribution in [2.45, 2.75) is 31.6 Å². The SMILES string of the molecule is CCOc1ccc(N/C=C(\C(=O)OC)S(=O)(=O)c2ccc(C(C)C)cc2)cc1. The Labute approximate surface area is 166 Å². The summed E-state index contributed by atoms with van der Waals surface area (Å²) in [5, 5.41) is 2.84. The van der Waals surface area contributed by atoms with Gasteiger partial charge in [-0.2, -0.15) is 0 Å². The molecule has 0 heterocycles. The summed E-state index contributed by atoms with van der Waals surface area (Å²) in [4.78, 5) is 11.7. The highest BCUT2D eigenvalue weighted by Gasteiger charge is 2.28. The van der Waals surface area contributed by atoms with Gasteiger partial charge in [0.25, 0.3) is 0 Å². The number of rotatable bonds is 8. The normalized spacial score (nSPS) is 12.0. The summed E-state index contributed by atoms with van der Waals surface area (Å²) >= 11 is 0. The summed E-state index contributed by atoms with van der Waals surface area (Å²) in [6, 6.07) is 13.4. The molecule has 0 saturated heterocycles. The number of sulfone groups is 1.